The Labute approximate surface area is 188 Å². The number of amides is 1. The first kappa shape index (κ1) is 23.2. The lowest BCUT2D eigenvalue weighted by atomic mass is 10.0. The van der Waals surface area contributed by atoms with E-state index in [1.165, 1.54) is 34.8 Å². The van der Waals surface area contributed by atoms with Gasteiger partial charge in [0, 0.05) is 44.0 Å². The van der Waals surface area contributed by atoms with Gasteiger partial charge in [-0.1, -0.05) is 0 Å². The molecule has 1 aromatic heterocycles. The molecule has 0 atom stereocenters. The van der Waals surface area contributed by atoms with E-state index in [0.29, 0.717) is 38.7 Å². The number of fused-ring (bicyclic) bond motifs is 1. The van der Waals surface area contributed by atoms with Gasteiger partial charge in [-0.25, -0.2) is 9.78 Å². The number of ether oxygens (including phenoxy) is 1. The normalized spacial score (nSPS) is 17.8. The molecule has 0 saturated carbocycles. The molecule has 0 unspecified atom stereocenters. The van der Waals surface area contributed by atoms with Crippen molar-refractivity contribution in [1.29, 1.82) is 0 Å². The number of piperazine rings is 1. The third-order valence-corrected chi connectivity index (χ3v) is 5.96. The van der Waals surface area contributed by atoms with E-state index in [1.54, 1.807) is 4.90 Å². The molecular formula is C19H32IN5O2S. The Balaban J connectivity index is 0.00000280. The Kier molecular flexibility index (Phi) is 8.35. The summed E-state index contributed by atoms with van der Waals surface area (Å²) in [6.07, 6.45) is 5.44. The summed E-state index contributed by atoms with van der Waals surface area (Å²) in [7, 11) is 0. The highest BCUT2D eigenvalue weighted by molar-refractivity contribution is 14.0. The largest absolute Gasteiger partial charge is 0.444 e. The summed E-state index contributed by atoms with van der Waals surface area (Å²) in [5, 5.41) is 1.17. The van der Waals surface area contributed by atoms with Crippen molar-refractivity contribution < 1.29 is 9.53 Å². The SMILES string of the molecule is CC(C)(C)OC(=O)N1CCN(C(N)=NCCc2nc3c(s2)CCCC3)CC1.I. The topological polar surface area (TPSA) is 84.0 Å². The van der Waals surface area contributed by atoms with Crippen molar-refractivity contribution in [3.8, 4) is 0 Å². The fraction of sp³-hybridized carbons (Fsp3) is 0.737. The van der Waals surface area contributed by atoms with Crippen molar-refractivity contribution in [3.05, 3.63) is 15.6 Å². The second-order valence-electron chi connectivity index (χ2n) is 8.13. The van der Waals surface area contributed by atoms with Crippen LogP contribution in [0.3, 0.4) is 0 Å². The fourth-order valence-electron chi connectivity index (χ4n) is 3.32. The first-order valence-electron chi connectivity index (χ1n) is 9.82. The van der Waals surface area contributed by atoms with Crippen LogP contribution in [0.4, 0.5) is 4.79 Å². The smallest absolute Gasteiger partial charge is 0.410 e. The summed E-state index contributed by atoms with van der Waals surface area (Å²) in [6.45, 7) is 8.86. The molecule has 1 aliphatic heterocycles. The maximum atomic E-state index is 12.1. The monoisotopic (exact) mass is 521 g/mol. The molecule has 1 fully saturated rings. The highest BCUT2D eigenvalue weighted by Crippen LogP contribution is 2.26. The molecule has 0 spiro atoms. The number of nitrogens with two attached hydrogens (primary N) is 1. The first-order valence-corrected chi connectivity index (χ1v) is 10.6. The minimum atomic E-state index is -0.469. The molecule has 0 radical (unpaired) electrons. The van der Waals surface area contributed by atoms with Gasteiger partial charge in [-0.15, -0.1) is 35.3 Å². The Morgan fingerprint density at radius 2 is 1.82 bits per heavy atom. The summed E-state index contributed by atoms with van der Waals surface area (Å²) in [5.74, 6) is 0.556. The number of carbonyl (C=O) groups excluding carboxylic acids is 1. The predicted octanol–water partition coefficient (Wildman–Crippen LogP) is 3.05. The summed E-state index contributed by atoms with van der Waals surface area (Å²) >= 11 is 1.84. The number of halogens is 1. The fourth-order valence-corrected chi connectivity index (χ4v) is 4.47. The molecule has 0 bridgehead atoms. The van der Waals surface area contributed by atoms with Gasteiger partial charge < -0.3 is 20.3 Å². The Hall–Kier alpha value is -1.10. The quantitative estimate of drug-likeness (QED) is 0.376. The van der Waals surface area contributed by atoms with Crippen molar-refractivity contribution >= 4 is 47.4 Å². The van der Waals surface area contributed by atoms with E-state index < -0.39 is 5.60 Å². The predicted molar refractivity (Wildman–Crippen MR) is 124 cm³/mol. The van der Waals surface area contributed by atoms with Crippen LogP contribution < -0.4 is 5.73 Å². The average molecular weight is 521 g/mol. The van der Waals surface area contributed by atoms with Crippen LogP contribution >= 0.6 is 35.3 Å². The lowest BCUT2D eigenvalue weighted by Crippen LogP contribution is -2.53. The molecule has 2 aliphatic rings. The maximum absolute atomic E-state index is 12.1. The number of aromatic nitrogens is 1. The van der Waals surface area contributed by atoms with Crippen LogP contribution in [0, 0.1) is 0 Å². The number of aliphatic imine (C=N–C) groups is 1. The van der Waals surface area contributed by atoms with E-state index >= 15 is 0 Å². The molecule has 1 amide bonds. The first-order chi connectivity index (χ1) is 12.8. The zero-order valence-electron chi connectivity index (χ0n) is 17.1. The van der Waals surface area contributed by atoms with Gasteiger partial charge in [0.15, 0.2) is 5.96 Å². The maximum Gasteiger partial charge on any atom is 0.410 e. The van der Waals surface area contributed by atoms with Crippen molar-refractivity contribution in [2.75, 3.05) is 32.7 Å². The number of guanidine groups is 1. The third-order valence-electron chi connectivity index (χ3n) is 4.74. The summed E-state index contributed by atoms with van der Waals surface area (Å²) in [5.41, 5.74) is 6.99. The Morgan fingerprint density at radius 3 is 2.46 bits per heavy atom. The van der Waals surface area contributed by atoms with Crippen molar-refractivity contribution in [3.63, 3.8) is 0 Å². The minimum Gasteiger partial charge on any atom is -0.444 e. The zero-order valence-corrected chi connectivity index (χ0v) is 20.2. The van der Waals surface area contributed by atoms with E-state index in [2.05, 4.69) is 4.99 Å². The Morgan fingerprint density at radius 1 is 1.18 bits per heavy atom. The van der Waals surface area contributed by atoms with Crippen LogP contribution in [0.1, 0.15) is 49.2 Å². The molecule has 158 valence electrons. The van der Waals surface area contributed by atoms with Crippen LogP contribution in [-0.4, -0.2) is 65.2 Å². The summed E-state index contributed by atoms with van der Waals surface area (Å²) < 4.78 is 5.42. The number of rotatable bonds is 3. The zero-order chi connectivity index (χ0) is 19.4. The van der Waals surface area contributed by atoms with E-state index in [9.17, 15) is 4.79 Å². The molecule has 2 heterocycles. The lowest BCUT2D eigenvalue weighted by molar-refractivity contribution is 0.0186. The average Bonchev–Trinajstić information content (AvgIpc) is 3.03. The number of hydrogen-bond donors (Lipinski definition) is 1. The van der Waals surface area contributed by atoms with E-state index in [4.69, 9.17) is 15.5 Å². The molecule has 2 N–H and O–H groups in total. The number of aryl methyl sites for hydroxylation is 2. The molecule has 0 aromatic carbocycles. The molecule has 9 heteroatoms. The van der Waals surface area contributed by atoms with E-state index in [0.717, 1.165) is 12.8 Å². The molecule has 7 nitrogen and oxygen atoms in total. The molecule has 1 aromatic rings. The highest BCUT2D eigenvalue weighted by atomic mass is 127. The molecule has 3 rings (SSSR count). The number of nitrogens with zero attached hydrogens (tertiary/aromatic N) is 4. The van der Waals surface area contributed by atoms with Gasteiger partial charge in [0.05, 0.1) is 10.7 Å². The molecule has 1 saturated heterocycles. The van der Waals surface area contributed by atoms with Crippen LogP contribution in [-0.2, 0) is 24.0 Å². The standard InChI is InChI=1S/C19H31N5O2S.HI/c1-19(2,3)26-18(25)24-12-10-23(11-13-24)17(20)21-9-8-16-22-14-6-4-5-7-15(14)27-16;/h4-13H2,1-3H3,(H2,20,21);1H. The number of carbonyl (C=O) groups is 1. The van der Waals surface area contributed by atoms with Crippen molar-refractivity contribution in [2.45, 2.75) is 58.5 Å². The van der Waals surface area contributed by atoms with Gasteiger partial charge in [0.25, 0.3) is 0 Å². The van der Waals surface area contributed by atoms with Crippen LogP contribution in [0.2, 0.25) is 0 Å². The van der Waals surface area contributed by atoms with Crippen LogP contribution in [0.15, 0.2) is 4.99 Å². The lowest BCUT2D eigenvalue weighted by Gasteiger charge is -2.36. The Bertz CT molecular complexity index is 669. The van der Waals surface area contributed by atoms with Gasteiger partial charge in [-0.3, -0.25) is 4.99 Å². The van der Waals surface area contributed by atoms with Crippen LogP contribution in [0.5, 0.6) is 0 Å². The second-order valence-corrected chi connectivity index (χ2v) is 9.30. The van der Waals surface area contributed by atoms with E-state index in [-0.39, 0.29) is 30.1 Å². The van der Waals surface area contributed by atoms with Crippen molar-refractivity contribution in [1.82, 2.24) is 14.8 Å². The van der Waals surface area contributed by atoms with Crippen molar-refractivity contribution in [2.24, 2.45) is 10.7 Å². The van der Waals surface area contributed by atoms with Gasteiger partial charge >= 0.3 is 6.09 Å². The van der Waals surface area contributed by atoms with Gasteiger partial charge in [-0.05, 0) is 46.5 Å². The molecule has 28 heavy (non-hydrogen) atoms. The van der Waals surface area contributed by atoms with Gasteiger partial charge in [0.1, 0.15) is 5.60 Å². The summed E-state index contributed by atoms with van der Waals surface area (Å²) in [6, 6.07) is 0. The number of thiazole rings is 1. The summed E-state index contributed by atoms with van der Waals surface area (Å²) in [4.78, 5) is 26.6. The molecular weight excluding hydrogens is 489 g/mol. The number of hydrogen-bond acceptors (Lipinski definition) is 5. The van der Waals surface area contributed by atoms with E-state index in [1.807, 2.05) is 37.0 Å². The van der Waals surface area contributed by atoms with Crippen LogP contribution in [0.25, 0.3) is 0 Å². The molecule has 1 aliphatic carbocycles. The highest BCUT2D eigenvalue weighted by Gasteiger charge is 2.26. The van der Waals surface area contributed by atoms with Gasteiger partial charge in [0.2, 0.25) is 0 Å². The van der Waals surface area contributed by atoms with Gasteiger partial charge in [-0.2, -0.15) is 0 Å². The third kappa shape index (κ3) is 6.47. The second kappa shape index (κ2) is 10.1. The minimum absolute atomic E-state index is 0.